The molecule has 4 atom stereocenters. The molecule has 0 amide bonds. The summed E-state index contributed by atoms with van der Waals surface area (Å²) in [5.41, 5.74) is -0.0682. The number of hydrogen-bond donors (Lipinski definition) is 1. The Kier molecular flexibility index (Phi) is 5.18. The fourth-order valence-corrected chi connectivity index (χ4v) is 2.77. The van der Waals surface area contributed by atoms with E-state index in [1.807, 2.05) is 0 Å². The smallest absolute Gasteiger partial charge is 0.336 e. The molecule has 2 aliphatic rings. The monoisotopic (exact) mass is 330 g/mol. The normalized spacial score (nSPS) is 33.4. The summed E-state index contributed by atoms with van der Waals surface area (Å²) < 4.78 is 27.9. The number of carbonyl (C=O) groups excluding carboxylic acids is 1. The largest absolute Gasteiger partial charge is 0.463 e. The second-order valence-corrected chi connectivity index (χ2v) is 6.62. The van der Waals surface area contributed by atoms with Crippen LogP contribution in [0.25, 0.3) is 0 Å². The van der Waals surface area contributed by atoms with Crippen molar-refractivity contribution >= 4 is 5.97 Å². The van der Waals surface area contributed by atoms with Gasteiger partial charge in [-0.25, -0.2) is 4.79 Å². The molecule has 0 radical (unpaired) electrons. The van der Waals surface area contributed by atoms with E-state index in [1.54, 1.807) is 34.6 Å². The zero-order valence-corrected chi connectivity index (χ0v) is 14.3. The third kappa shape index (κ3) is 4.10. The predicted molar refractivity (Wildman–Crippen MR) is 80.5 cm³/mol. The molecule has 23 heavy (non-hydrogen) atoms. The van der Waals surface area contributed by atoms with Crippen LogP contribution in [0.3, 0.4) is 0 Å². The van der Waals surface area contributed by atoms with Crippen molar-refractivity contribution in [1.82, 2.24) is 0 Å². The highest BCUT2D eigenvalue weighted by Crippen LogP contribution is 2.37. The van der Waals surface area contributed by atoms with Crippen LogP contribution in [-0.2, 0) is 28.5 Å². The van der Waals surface area contributed by atoms with Gasteiger partial charge in [0.2, 0.25) is 0 Å². The summed E-state index contributed by atoms with van der Waals surface area (Å²) in [7, 11) is 0. The molecule has 7 heteroatoms. The molecular weight excluding hydrogens is 304 g/mol. The van der Waals surface area contributed by atoms with Crippen LogP contribution in [0, 0.1) is 0 Å². The maximum Gasteiger partial charge on any atom is 0.336 e. The van der Waals surface area contributed by atoms with Crippen LogP contribution in [-0.4, -0.2) is 60.3 Å². The molecule has 2 rings (SSSR count). The van der Waals surface area contributed by atoms with E-state index in [-0.39, 0.29) is 12.2 Å². The number of carbonyl (C=O) groups is 1. The first-order valence-corrected chi connectivity index (χ1v) is 7.77. The molecule has 2 fully saturated rings. The minimum atomic E-state index is -1.26. The van der Waals surface area contributed by atoms with Crippen LogP contribution in [0.4, 0.5) is 0 Å². The molecule has 0 aliphatic carbocycles. The Labute approximate surface area is 136 Å². The fraction of sp³-hybridized carbons (Fsp3) is 0.812. The minimum absolute atomic E-state index is 0.0682. The summed E-state index contributed by atoms with van der Waals surface area (Å²) in [6.07, 6.45) is -3.06. The van der Waals surface area contributed by atoms with Gasteiger partial charge in [0.05, 0.1) is 18.8 Å². The molecule has 0 aromatic heterocycles. The van der Waals surface area contributed by atoms with E-state index in [4.69, 9.17) is 23.7 Å². The van der Waals surface area contributed by atoms with Crippen LogP contribution >= 0.6 is 0 Å². The molecule has 0 spiro atoms. The first-order valence-electron chi connectivity index (χ1n) is 7.77. The highest BCUT2D eigenvalue weighted by Gasteiger charge is 2.52. The summed E-state index contributed by atoms with van der Waals surface area (Å²) in [5, 5.41) is 10.5. The van der Waals surface area contributed by atoms with Crippen LogP contribution < -0.4 is 0 Å². The second kappa shape index (κ2) is 6.49. The maximum atomic E-state index is 11.8. The molecule has 0 aromatic carbocycles. The van der Waals surface area contributed by atoms with Gasteiger partial charge in [0.15, 0.2) is 11.6 Å². The molecule has 2 heterocycles. The van der Waals surface area contributed by atoms with E-state index in [9.17, 15) is 9.90 Å². The summed E-state index contributed by atoms with van der Waals surface area (Å²) in [5.74, 6) is -2.30. The number of aliphatic hydroxyl groups excluding tert-OH is 1. The Morgan fingerprint density at radius 1 is 1.26 bits per heavy atom. The topological polar surface area (TPSA) is 83.5 Å². The Hall–Kier alpha value is -0.990. The second-order valence-electron chi connectivity index (χ2n) is 6.62. The Bertz CT molecular complexity index is 471. The summed E-state index contributed by atoms with van der Waals surface area (Å²) >= 11 is 0. The van der Waals surface area contributed by atoms with E-state index in [1.165, 1.54) is 0 Å². The van der Waals surface area contributed by atoms with Crippen molar-refractivity contribution in [3.05, 3.63) is 12.2 Å². The maximum absolute atomic E-state index is 11.8. The van der Waals surface area contributed by atoms with Crippen molar-refractivity contribution in [2.24, 2.45) is 0 Å². The summed E-state index contributed by atoms with van der Waals surface area (Å²) in [4.78, 5) is 11.8. The molecule has 7 nitrogen and oxygen atoms in total. The Morgan fingerprint density at radius 3 is 2.43 bits per heavy atom. The zero-order valence-electron chi connectivity index (χ0n) is 14.3. The highest BCUT2D eigenvalue weighted by atomic mass is 16.8. The molecule has 0 saturated carbocycles. The highest BCUT2D eigenvalue weighted by molar-refractivity contribution is 5.88. The van der Waals surface area contributed by atoms with Crippen LogP contribution in [0.15, 0.2) is 12.2 Å². The summed E-state index contributed by atoms with van der Waals surface area (Å²) in [6.45, 7) is 12.9. The van der Waals surface area contributed by atoms with Crippen molar-refractivity contribution in [3.63, 3.8) is 0 Å². The lowest BCUT2D eigenvalue weighted by molar-refractivity contribution is -0.175. The van der Waals surface area contributed by atoms with Gasteiger partial charge in [-0.15, -0.1) is 0 Å². The van der Waals surface area contributed by atoms with Crippen LogP contribution in [0.5, 0.6) is 0 Å². The van der Waals surface area contributed by atoms with Gasteiger partial charge in [0.1, 0.15) is 24.4 Å². The number of hydrogen-bond acceptors (Lipinski definition) is 7. The first-order chi connectivity index (χ1) is 10.6. The van der Waals surface area contributed by atoms with E-state index < -0.39 is 42.0 Å². The number of ether oxygens (including phenoxy) is 5. The van der Waals surface area contributed by atoms with Crippen molar-refractivity contribution in [2.45, 2.75) is 70.6 Å². The van der Waals surface area contributed by atoms with Gasteiger partial charge in [0, 0.05) is 0 Å². The van der Waals surface area contributed by atoms with Gasteiger partial charge in [-0.1, -0.05) is 6.58 Å². The van der Waals surface area contributed by atoms with Gasteiger partial charge in [0.25, 0.3) is 0 Å². The first kappa shape index (κ1) is 18.4. The van der Waals surface area contributed by atoms with Gasteiger partial charge < -0.3 is 28.8 Å². The van der Waals surface area contributed by atoms with E-state index in [0.29, 0.717) is 6.61 Å². The lowest BCUT2D eigenvalue weighted by atomic mass is 9.98. The molecule has 2 aliphatic heterocycles. The number of aliphatic hydroxyl groups is 1. The molecule has 0 aromatic rings. The van der Waals surface area contributed by atoms with Crippen molar-refractivity contribution in [1.29, 1.82) is 0 Å². The molecule has 132 valence electrons. The van der Waals surface area contributed by atoms with Crippen molar-refractivity contribution < 1.29 is 33.6 Å². The van der Waals surface area contributed by atoms with Crippen molar-refractivity contribution in [3.8, 4) is 0 Å². The lowest BCUT2D eigenvalue weighted by Gasteiger charge is -2.26. The zero-order chi connectivity index (χ0) is 17.4. The molecular formula is C16H26O7. The van der Waals surface area contributed by atoms with Crippen LogP contribution in [0.2, 0.25) is 0 Å². The Balaban J connectivity index is 2.14. The SMILES string of the molecule is C=C(C(=O)OCC)[C@H](O)[C@@H]1OC(C)(C)O[C@@H]1[C@H]1COC(C)(C)O1. The molecule has 2 saturated heterocycles. The molecule has 0 unspecified atom stereocenters. The predicted octanol–water partition coefficient (Wildman–Crippen LogP) is 1.14. The van der Waals surface area contributed by atoms with Gasteiger partial charge in [-0.05, 0) is 34.6 Å². The van der Waals surface area contributed by atoms with E-state index >= 15 is 0 Å². The lowest BCUT2D eigenvalue weighted by Crippen LogP contribution is -2.45. The quantitative estimate of drug-likeness (QED) is 0.598. The molecule has 1 N–H and O–H groups in total. The minimum Gasteiger partial charge on any atom is -0.463 e. The average Bonchev–Trinajstić information content (AvgIpc) is 2.96. The number of rotatable bonds is 5. The third-order valence-electron chi connectivity index (χ3n) is 3.77. The standard InChI is InChI=1S/C16H26O7/c1-7-19-14(18)9(2)11(17)13-12(22-16(5,6)23-13)10-8-20-15(3,4)21-10/h10-13,17H,2,7-8H2,1,3-6H3/t10-,11+,12-,13+/m1/s1. The molecule has 0 bridgehead atoms. The third-order valence-corrected chi connectivity index (χ3v) is 3.77. The van der Waals surface area contributed by atoms with Gasteiger partial charge >= 0.3 is 5.97 Å². The van der Waals surface area contributed by atoms with E-state index in [2.05, 4.69) is 6.58 Å². The fourth-order valence-electron chi connectivity index (χ4n) is 2.77. The van der Waals surface area contributed by atoms with Gasteiger partial charge in [-0.2, -0.15) is 0 Å². The Morgan fingerprint density at radius 2 is 1.91 bits per heavy atom. The van der Waals surface area contributed by atoms with Gasteiger partial charge in [-0.3, -0.25) is 0 Å². The average molecular weight is 330 g/mol. The van der Waals surface area contributed by atoms with E-state index in [0.717, 1.165) is 0 Å². The van der Waals surface area contributed by atoms with Crippen molar-refractivity contribution in [2.75, 3.05) is 13.2 Å². The number of esters is 1. The summed E-state index contributed by atoms with van der Waals surface area (Å²) in [6, 6.07) is 0. The van der Waals surface area contributed by atoms with Crippen LogP contribution in [0.1, 0.15) is 34.6 Å².